The van der Waals surface area contributed by atoms with Crippen molar-refractivity contribution in [2.24, 2.45) is 0 Å². The van der Waals surface area contributed by atoms with Gasteiger partial charge < -0.3 is 10.7 Å². The fourth-order valence-corrected chi connectivity index (χ4v) is 2.53. The molecule has 3 aromatic rings. The fourth-order valence-electron chi connectivity index (χ4n) is 2.53. The van der Waals surface area contributed by atoms with Gasteiger partial charge in [0.2, 0.25) is 0 Å². The van der Waals surface area contributed by atoms with E-state index < -0.39 is 0 Å². The number of nitrogens with zero attached hydrogens (tertiary/aromatic N) is 1. The van der Waals surface area contributed by atoms with Gasteiger partial charge in [-0.25, -0.2) is 4.98 Å². The van der Waals surface area contributed by atoms with Crippen LogP contribution in [-0.2, 0) is 0 Å². The van der Waals surface area contributed by atoms with Crippen molar-refractivity contribution in [3.8, 4) is 0 Å². The number of pyridine rings is 1. The lowest BCUT2D eigenvalue weighted by Gasteiger charge is -2.20. The van der Waals surface area contributed by atoms with Gasteiger partial charge in [-0.3, -0.25) is 0 Å². The first kappa shape index (κ1) is 15.0. The summed E-state index contributed by atoms with van der Waals surface area (Å²) < 4.78 is 0. The van der Waals surface area contributed by atoms with Crippen LogP contribution < -0.4 is 5.32 Å². The molecule has 1 aromatic heterocycles. The maximum atomic E-state index is 8.41. The summed E-state index contributed by atoms with van der Waals surface area (Å²) in [6.07, 6.45) is 2.37. The largest absolute Gasteiger partial charge is 0.363 e. The Bertz CT molecular complexity index is 740. The normalized spacial score (nSPS) is 11.7. The number of aromatic nitrogens is 1. The summed E-state index contributed by atoms with van der Waals surface area (Å²) in [5, 5.41) is 11.9. The van der Waals surface area contributed by atoms with Crippen LogP contribution in [-0.4, -0.2) is 10.7 Å². The molecule has 3 heteroatoms. The van der Waals surface area contributed by atoms with E-state index in [1.165, 1.54) is 0 Å². The van der Waals surface area contributed by atoms with Gasteiger partial charge in [-0.1, -0.05) is 66.7 Å². The van der Waals surface area contributed by atoms with Gasteiger partial charge in [0.25, 0.3) is 0 Å². The maximum Gasteiger partial charge on any atom is 0.126 e. The van der Waals surface area contributed by atoms with E-state index in [-0.39, 0.29) is 6.04 Å². The molecule has 0 aliphatic rings. The molecule has 3 nitrogen and oxygen atoms in total. The van der Waals surface area contributed by atoms with E-state index in [1.54, 1.807) is 6.20 Å². The second-order valence-electron chi connectivity index (χ2n) is 5.37. The highest BCUT2D eigenvalue weighted by Crippen LogP contribution is 2.23. The van der Waals surface area contributed by atoms with E-state index in [1.807, 2.05) is 66.7 Å². The molecule has 0 radical (unpaired) electrons. The van der Waals surface area contributed by atoms with E-state index in [4.69, 9.17) is 5.41 Å². The Kier molecular flexibility index (Phi) is 4.79. The van der Waals surface area contributed by atoms with Crippen molar-refractivity contribution in [3.05, 3.63) is 96.2 Å². The summed E-state index contributed by atoms with van der Waals surface area (Å²) in [7, 11) is 0. The van der Waals surface area contributed by atoms with Gasteiger partial charge in [-0.2, -0.15) is 0 Å². The standard InChI is InChI=1S/C20H19N3/c21-18(16-9-3-1-4-10-16)15-19(17-11-5-2-6-12-17)23-20-13-7-8-14-22-20/h1-14,19,21H,15H2,(H,22,23). The van der Waals surface area contributed by atoms with E-state index in [9.17, 15) is 0 Å². The third-order valence-electron chi connectivity index (χ3n) is 3.72. The van der Waals surface area contributed by atoms with Crippen molar-refractivity contribution < 1.29 is 0 Å². The van der Waals surface area contributed by atoms with E-state index in [0.717, 1.165) is 16.9 Å². The maximum absolute atomic E-state index is 8.41. The third kappa shape index (κ3) is 4.04. The lowest BCUT2D eigenvalue weighted by atomic mass is 9.97. The average Bonchev–Trinajstić information content (AvgIpc) is 2.63. The molecule has 1 unspecified atom stereocenters. The zero-order chi connectivity index (χ0) is 15.9. The highest BCUT2D eigenvalue weighted by Gasteiger charge is 2.15. The Hall–Kier alpha value is -2.94. The second kappa shape index (κ2) is 7.36. The van der Waals surface area contributed by atoms with Gasteiger partial charge in [-0.15, -0.1) is 0 Å². The lowest BCUT2D eigenvalue weighted by Crippen LogP contribution is -2.16. The van der Waals surface area contributed by atoms with Crippen LogP contribution in [0.1, 0.15) is 23.6 Å². The van der Waals surface area contributed by atoms with Crippen molar-refractivity contribution in [3.63, 3.8) is 0 Å². The van der Waals surface area contributed by atoms with E-state index >= 15 is 0 Å². The SMILES string of the molecule is N=C(CC(Nc1ccccn1)c1ccccc1)c1ccccc1. The number of hydrogen-bond acceptors (Lipinski definition) is 3. The molecule has 0 saturated heterocycles. The van der Waals surface area contributed by atoms with Gasteiger partial charge in [0.15, 0.2) is 0 Å². The molecule has 0 aliphatic heterocycles. The molecule has 0 bridgehead atoms. The minimum absolute atomic E-state index is 0.0128. The summed E-state index contributed by atoms with van der Waals surface area (Å²) in [5.74, 6) is 0.821. The molecule has 0 spiro atoms. The van der Waals surface area contributed by atoms with Crippen LogP contribution in [0.5, 0.6) is 0 Å². The summed E-state index contributed by atoms with van der Waals surface area (Å²) in [6.45, 7) is 0. The molecule has 1 heterocycles. The van der Waals surface area contributed by atoms with Crippen molar-refractivity contribution in [2.45, 2.75) is 12.5 Å². The Morgan fingerprint density at radius 3 is 2.17 bits per heavy atom. The van der Waals surface area contributed by atoms with Gasteiger partial charge in [-0.05, 0) is 23.3 Å². The predicted octanol–water partition coefficient (Wildman–Crippen LogP) is 4.69. The smallest absolute Gasteiger partial charge is 0.126 e. The van der Waals surface area contributed by atoms with Crippen LogP contribution in [0, 0.1) is 5.41 Å². The Balaban J connectivity index is 1.82. The topological polar surface area (TPSA) is 48.8 Å². The van der Waals surface area contributed by atoms with E-state index in [0.29, 0.717) is 12.1 Å². The summed E-state index contributed by atoms with van der Waals surface area (Å²) in [4.78, 5) is 4.34. The second-order valence-corrected chi connectivity index (χ2v) is 5.37. The number of benzene rings is 2. The molecule has 2 N–H and O–H groups in total. The van der Waals surface area contributed by atoms with Crippen molar-refractivity contribution >= 4 is 11.5 Å². The Labute approximate surface area is 136 Å². The molecule has 3 rings (SSSR count). The molecule has 0 fully saturated rings. The first-order valence-corrected chi connectivity index (χ1v) is 7.68. The predicted molar refractivity (Wildman–Crippen MR) is 94.9 cm³/mol. The third-order valence-corrected chi connectivity index (χ3v) is 3.72. The average molecular weight is 301 g/mol. The Morgan fingerprint density at radius 1 is 0.870 bits per heavy atom. The molecule has 1 atom stereocenters. The number of rotatable bonds is 6. The molecule has 0 saturated carbocycles. The van der Waals surface area contributed by atoms with Gasteiger partial charge in [0.05, 0.1) is 6.04 Å². The highest BCUT2D eigenvalue weighted by atomic mass is 15.0. The first-order chi connectivity index (χ1) is 11.3. The zero-order valence-corrected chi connectivity index (χ0v) is 12.8. The molecule has 0 amide bonds. The number of hydrogen-bond donors (Lipinski definition) is 2. The van der Waals surface area contributed by atoms with Crippen molar-refractivity contribution in [2.75, 3.05) is 5.32 Å². The van der Waals surface area contributed by atoms with Crippen LogP contribution in [0.3, 0.4) is 0 Å². The van der Waals surface area contributed by atoms with Crippen molar-refractivity contribution in [1.82, 2.24) is 4.98 Å². The molecular weight excluding hydrogens is 282 g/mol. The minimum atomic E-state index is 0.0128. The van der Waals surface area contributed by atoms with Gasteiger partial charge in [0, 0.05) is 18.3 Å². The highest BCUT2D eigenvalue weighted by molar-refractivity contribution is 5.98. The Morgan fingerprint density at radius 2 is 1.52 bits per heavy atom. The van der Waals surface area contributed by atoms with Crippen LogP contribution in [0.4, 0.5) is 5.82 Å². The summed E-state index contributed by atoms with van der Waals surface area (Å²) in [6, 6.07) is 25.9. The molecule has 0 aliphatic carbocycles. The summed E-state index contributed by atoms with van der Waals surface area (Å²) in [5.41, 5.74) is 2.72. The lowest BCUT2D eigenvalue weighted by molar-refractivity contribution is 0.812. The quantitative estimate of drug-likeness (QED) is 0.649. The molecule has 2 aromatic carbocycles. The van der Waals surface area contributed by atoms with Crippen LogP contribution in [0.2, 0.25) is 0 Å². The van der Waals surface area contributed by atoms with Crippen molar-refractivity contribution in [1.29, 1.82) is 5.41 Å². The monoisotopic (exact) mass is 301 g/mol. The van der Waals surface area contributed by atoms with Gasteiger partial charge >= 0.3 is 0 Å². The van der Waals surface area contributed by atoms with Crippen LogP contribution in [0.25, 0.3) is 0 Å². The minimum Gasteiger partial charge on any atom is -0.363 e. The first-order valence-electron chi connectivity index (χ1n) is 7.68. The van der Waals surface area contributed by atoms with Crippen LogP contribution >= 0.6 is 0 Å². The number of anilines is 1. The van der Waals surface area contributed by atoms with Crippen LogP contribution in [0.15, 0.2) is 85.1 Å². The van der Waals surface area contributed by atoms with Gasteiger partial charge in [0.1, 0.15) is 5.82 Å². The van der Waals surface area contributed by atoms with E-state index in [2.05, 4.69) is 22.4 Å². The summed E-state index contributed by atoms with van der Waals surface area (Å²) >= 11 is 0. The zero-order valence-electron chi connectivity index (χ0n) is 12.8. The number of nitrogens with one attached hydrogen (secondary N) is 2. The molecule has 114 valence electrons. The molecular formula is C20H19N3. The fraction of sp³-hybridized carbons (Fsp3) is 0.100. The molecule has 23 heavy (non-hydrogen) atoms.